The van der Waals surface area contributed by atoms with Crippen molar-refractivity contribution in [2.24, 2.45) is 0 Å². The maximum Gasteiger partial charge on any atom is 0.411 e. The van der Waals surface area contributed by atoms with Gasteiger partial charge in [-0.15, -0.1) is 0 Å². The van der Waals surface area contributed by atoms with E-state index in [-0.39, 0.29) is 13.2 Å². The van der Waals surface area contributed by atoms with Gasteiger partial charge in [-0.1, -0.05) is 0 Å². The van der Waals surface area contributed by atoms with Gasteiger partial charge in [0.05, 0.1) is 13.2 Å². The second kappa shape index (κ2) is 6.99. The molecule has 0 saturated carbocycles. The Hall–Kier alpha value is -0.370. The first-order chi connectivity index (χ1) is 6.49. The predicted octanol–water partition coefficient (Wildman–Crippen LogP) is 0.547. The van der Waals surface area contributed by atoms with Crippen LogP contribution in [0, 0.1) is 0 Å². The van der Waals surface area contributed by atoms with Crippen molar-refractivity contribution in [2.45, 2.75) is 12.3 Å². The van der Waals surface area contributed by atoms with Crippen molar-refractivity contribution in [3.05, 3.63) is 0 Å². The summed E-state index contributed by atoms with van der Waals surface area (Å²) in [5.74, 6) is 0. The van der Waals surface area contributed by atoms with Gasteiger partial charge in [-0.3, -0.25) is 0 Å². The molecule has 0 aliphatic heterocycles. The average molecular weight is 218 g/mol. The number of hydrogen-bond acceptors (Lipinski definition) is 4. The molecule has 0 aromatic heterocycles. The molecule has 0 bridgehead atoms. The topological polar surface area (TPSA) is 47.9 Å². The van der Waals surface area contributed by atoms with Crippen LogP contribution >= 0.6 is 0 Å². The smallest absolute Gasteiger partial charge is 0.377 e. The van der Waals surface area contributed by atoms with Crippen LogP contribution in [-0.2, 0) is 14.2 Å². The first-order valence-electron chi connectivity index (χ1n) is 3.85. The van der Waals surface area contributed by atoms with Crippen molar-refractivity contribution in [1.29, 1.82) is 0 Å². The minimum Gasteiger partial charge on any atom is -0.377 e. The number of rotatable bonds is 7. The molecule has 0 rings (SSSR count). The van der Waals surface area contributed by atoms with Gasteiger partial charge in [0, 0.05) is 7.11 Å². The molecule has 0 amide bonds. The van der Waals surface area contributed by atoms with E-state index in [1.54, 1.807) is 0 Å². The quantitative estimate of drug-likeness (QED) is 0.634. The average Bonchev–Trinajstić information content (AvgIpc) is 2.09. The molecule has 0 fully saturated rings. The highest BCUT2D eigenvalue weighted by atomic mass is 19.4. The lowest BCUT2D eigenvalue weighted by Crippen LogP contribution is -2.27. The third-order valence-corrected chi connectivity index (χ3v) is 1.30. The van der Waals surface area contributed by atoms with Gasteiger partial charge < -0.3 is 19.3 Å². The molecule has 0 heterocycles. The first-order valence-corrected chi connectivity index (χ1v) is 3.85. The van der Waals surface area contributed by atoms with E-state index in [9.17, 15) is 13.2 Å². The molecule has 1 N–H and O–H groups in total. The van der Waals surface area contributed by atoms with Gasteiger partial charge in [0.2, 0.25) is 0 Å². The van der Waals surface area contributed by atoms with Crippen LogP contribution in [0.3, 0.4) is 0 Å². The van der Waals surface area contributed by atoms with Crippen molar-refractivity contribution in [2.75, 3.05) is 33.7 Å². The Morgan fingerprint density at radius 2 is 1.79 bits per heavy atom. The van der Waals surface area contributed by atoms with Crippen LogP contribution in [0.4, 0.5) is 13.2 Å². The Morgan fingerprint density at radius 3 is 2.21 bits per heavy atom. The molecule has 0 radical (unpaired) electrons. The normalized spacial score (nSPS) is 14.4. The fraction of sp³-hybridized carbons (Fsp3) is 1.00. The molecule has 0 aliphatic carbocycles. The van der Waals surface area contributed by atoms with Crippen molar-refractivity contribution in [1.82, 2.24) is 0 Å². The second-order valence-electron chi connectivity index (χ2n) is 2.49. The van der Waals surface area contributed by atoms with E-state index in [0.29, 0.717) is 0 Å². The van der Waals surface area contributed by atoms with Crippen LogP contribution in [0.25, 0.3) is 0 Å². The lowest BCUT2D eigenvalue weighted by atomic mass is 10.4. The van der Waals surface area contributed by atoms with Crippen LogP contribution in [-0.4, -0.2) is 51.1 Å². The maximum absolute atomic E-state index is 11.6. The molecule has 7 heteroatoms. The van der Waals surface area contributed by atoms with Crippen molar-refractivity contribution in [3.63, 3.8) is 0 Å². The van der Waals surface area contributed by atoms with Gasteiger partial charge in [0.25, 0.3) is 0 Å². The molecule has 0 saturated heterocycles. The van der Waals surface area contributed by atoms with E-state index in [2.05, 4.69) is 9.47 Å². The number of ether oxygens (including phenoxy) is 3. The number of halogens is 3. The number of aliphatic hydroxyl groups excluding tert-OH is 1. The Morgan fingerprint density at radius 1 is 1.21 bits per heavy atom. The van der Waals surface area contributed by atoms with Gasteiger partial charge in [0.1, 0.15) is 19.5 Å². The van der Waals surface area contributed by atoms with Crippen LogP contribution < -0.4 is 0 Å². The fourth-order valence-corrected chi connectivity index (χ4v) is 0.674. The van der Waals surface area contributed by atoms with Gasteiger partial charge in [-0.05, 0) is 0 Å². The fourth-order valence-electron chi connectivity index (χ4n) is 0.674. The van der Waals surface area contributed by atoms with Gasteiger partial charge >= 0.3 is 6.18 Å². The summed E-state index contributed by atoms with van der Waals surface area (Å²) in [5.41, 5.74) is 0. The molecule has 1 atom stereocenters. The van der Waals surface area contributed by atoms with Gasteiger partial charge in [-0.25, -0.2) is 0 Å². The summed E-state index contributed by atoms with van der Waals surface area (Å²) in [4.78, 5) is 0. The summed E-state index contributed by atoms with van der Waals surface area (Å²) in [6, 6.07) is 0. The van der Waals surface area contributed by atoms with E-state index in [1.165, 1.54) is 7.11 Å². The Bertz CT molecular complexity index is 139. The highest BCUT2D eigenvalue weighted by Gasteiger charge is 2.27. The van der Waals surface area contributed by atoms with Crippen LogP contribution in [0.15, 0.2) is 0 Å². The van der Waals surface area contributed by atoms with E-state index >= 15 is 0 Å². The summed E-state index contributed by atoms with van der Waals surface area (Å²) >= 11 is 0. The zero-order valence-electron chi connectivity index (χ0n) is 7.71. The lowest BCUT2D eigenvalue weighted by molar-refractivity contribution is -0.183. The van der Waals surface area contributed by atoms with Crippen LogP contribution in [0.2, 0.25) is 0 Å². The molecule has 14 heavy (non-hydrogen) atoms. The largest absolute Gasteiger partial charge is 0.411 e. The summed E-state index contributed by atoms with van der Waals surface area (Å²) in [6.07, 6.45) is -4.94. The monoisotopic (exact) mass is 218 g/mol. The molecule has 0 aliphatic rings. The van der Waals surface area contributed by atoms with E-state index < -0.39 is 25.7 Å². The summed E-state index contributed by atoms with van der Waals surface area (Å²) in [6.45, 7) is -2.05. The number of hydrogen-bond donors (Lipinski definition) is 1. The summed E-state index contributed by atoms with van der Waals surface area (Å²) in [5, 5.41) is 8.27. The van der Waals surface area contributed by atoms with Crippen molar-refractivity contribution >= 4 is 0 Å². The predicted molar refractivity (Wildman–Crippen MR) is 40.7 cm³/mol. The minimum absolute atomic E-state index is 0.00907. The van der Waals surface area contributed by atoms with Crippen LogP contribution in [0.5, 0.6) is 0 Å². The molecular weight excluding hydrogens is 205 g/mol. The molecule has 0 aromatic carbocycles. The zero-order valence-corrected chi connectivity index (χ0v) is 7.71. The summed E-state index contributed by atoms with van der Waals surface area (Å²) in [7, 11) is 1.32. The summed E-state index contributed by atoms with van der Waals surface area (Å²) < 4.78 is 48.5. The third kappa shape index (κ3) is 8.24. The van der Waals surface area contributed by atoms with Crippen molar-refractivity contribution < 1.29 is 32.5 Å². The molecule has 0 aromatic rings. The highest BCUT2D eigenvalue weighted by molar-refractivity contribution is 4.55. The second-order valence-corrected chi connectivity index (χ2v) is 2.49. The first kappa shape index (κ1) is 13.6. The molecular formula is C7H13F3O4. The minimum atomic E-state index is -4.34. The Balaban J connectivity index is 3.52. The maximum atomic E-state index is 11.6. The number of alkyl halides is 3. The Kier molecular flexibility index (Phi) is 6.81. The van der Waals surface area contributed by atoms with E-state index in [4.69, 9.17) is 9.84 Å². The van der Waals surface area contributed by atoms with Gasteiger partial charge in [-0.2, -0.15) is 13.2 Å². The van der Waals surface area contributed by atoms with Gasteiger partial charge in [0.15, 0.2) is 0 Å². The molecule has 0 spiro atoms. The van der Waals surface area contributed by atoms with Crippen molar-refractivity contribution in [3.8, 4) is 0 Å². The van der Waals surface area contributed by atoms with E-state index in [0.717, 1.165) is 0 Å². The Labute approximate surface area is 79.6 Å². The highest BCUT2D eigenvalue weighted by Crippen LogP contribution is 2.14. The van der Waals surface area contributed by atoms with Crippen LogP contribution in [0.1, 0.15) is 0 Å². The zero-order chi connectivity index (χ0) is 11.0. The molecule has 1 unspecified atom stereocenters. The third-order valence-electron chi connectivity index (χ3n) is 1.30. The molecule has 4 nitrogen and oxygen atoms in total. The van der Waals surface area contributed by atoms with E-state index in [1.807, 2.05) is 0 Å². The number of aliphatic hydroxyl groups is 1. The SMILES string of the molecule is COC(COCO)COCC(F)(F)F. The number of methoxy groups -OCH3 is 1. The molecule has 86 valence electrons. The lowest BCUT2D eigenvalue weighted by Gasteiger charge is -2.15. The standard InChI is InChI=1S/C7H13F3O4/c1-12-6(3-14-5-11)2-13-4-7(8,9)10/h6,11H,2-5H2,1H3.